The van der Waals surface area contributed by atoms with E-state index in [2.05, 4.69) is 3.10 Å². The van der Waals surface area contributed by atoms with Crippen LogP contribution in [-0.2, 0) is 3.10 Å². The van der Waals surface area contributed by atoms with Gasteiger partial charge in [0.15, 0.2) is 0 Å². The molecule has 0 aromatic heterocycles. The minimum absolute atomic E-state index is 0.102. The Morgan fingerprint density at radius 1 is 1.20 bits per heavy atom. The summed E-state index contributed by atoms with van der Waals surface area (Å²) in [6.07, 6.45) is 0. The molecular formula is C2H6LuO2. The molecule has 0 saturated heterocycles. The van der Waals surface area contributed by atoms with Gasteiger partial charge < -0.3 is 0 Å². The summed E-state index contributed by atoms with van der Waals surface area (Å²) < 4.78 is 9.02. The van der Waals surface area contributed by atoms with E-state index in [4.69, 9.17) is 0 Å². The molecule has 0 unspecified atom stereocenters. The zero-order chi connectivity index (χ0) is 4.12. The van der Waals surface area contributed by atoms with Crippen LogP contribution in [0.25, 0.3) is 0 Å². The van der Waals surface area contributed by atoms with Gasteiger partial charge in [-0.05, 0) is 0 Å². The molecule has 0 atom stereocenters. The SMILES string of the molecule is C[O][Lu][O]C. The Labute approximate surface area is 51.2 Å². The van der Waals surface area contributed by atoms with E-state index in [0.717, 1.165) is 0 Å². The van der Waals surface area contributed by atoms with Gasteiger partial charge in [-0.3, -0.25) is 0 Å². The van der Waals surface area contributed by atoms with E-state index >= 15 is 0 Å². The van der Waals surface area contributed by atoms with Crippen LogP contribution in [0.4, 0.5) is 0 Å². The molecule has 41 valence electrons. The summed E-state index contributed by atoms with van der Waals surface area (Å²) in [5, 5.41) is 0. The van der Waals surface area contributed by atoms with E-state index in [0.29, 0.717) is 0 Å². The van der Waals surface area contributed by atoms with Crippen LogP contribution in [0, 0.1) is 34.1 Å². The molecule has 0 aromatic carbocycles. The van der Waals surface area contributed by atoms with Gasteiger partial charge in [0, 0.05) is 0 Å². The van der Waals surface area contributed by atoms with Crippen molar-refractivity contribution in [3.8, 4) is 0 Å². The molecule has 0 fully saturated rings. The third-order valence-corrected chi connectivity index (χ3v) is 0.638. The van der Waals surface area contributed by atoms with Gasteiger partial charge in [-0.15, -0.1) is 0 Å². The van der Waals surface area contributed by atoms with Gasteiger partial charge in [-0.2, -0.15) is 0 Å². The molecule has 3 heteroatoms. The van der Waals surface area contributed by atoms with Gasteiger partial charge in [0.25, 0.3) is 0 Å². The first-order chi connectivity index (χ1) is 2.41. The molecular weight excluding hydrogens is 231 g/mol. The molecule has 0 rings (SSSR count). The second-order valence-electron chi connectivity index (χ2n) is 0.254. The van der Waals surface area contributed by atoms with Gasteiger partial charge in [0.1, 0.15) is 0 Å². The Bertz CT molecular complexity index is 15.1. The summed E-state index contributed by atoms with van der Waals surface area (Å²) in [4.78, 5) is 0. The number of rotatable bonds is 2. The van der Waals surface area contributed by atoms with E-state index in [9.17, 15) is 0 Å². The third kappa shape index (κ3) is 5.15. The summed E-state index contributed by atoms with van der Waals surface area (Å²) >= 11 is 0.102. The average Bonchev–Trinajstić information content (AvgIpc) is 1.41. The summed E-state index contributed by atoms with van der Waals surface area (Å²) in [6, 6.07) is 0. The molecule has 0 aliphatic heterocycles. The molecule has 0 aliphatic carbocycles. The zero-order valence-corrected chi connectivity index (χ0v) is 4.73. The Balaban J connectivity index is 2.19. The monoisotopic (exact) mass is 237 g/mol. The summed E-state index contributed by atoms with van der Waals surface area (Å²) in [6.45, 7) is 0. The summed E-state index contributed by atoms with van der Waals surface area (Å²) in [5.74, 6) is 0. The molecule has 5 heavy (non-hydrogen) atoms. The van der Waals surface area contributed by atoms with Crippen LogP contribution in [-0.4, -0.2) is 14.2 Å². The molecule has 0 aromatic rings. The quantitative estimate of drug-likeness (QED) is 0.682. The standard InChI is InChI=1S/2CH3O.Lu/c2*1-2;/h2*1H3;/q2*-1;+2. The van der Waals surface area contributed by atoms with Crippen molar-refractivity contribution in [1.82, 2.24) is 0 Å². The first-order valence-electron chi connectivity index (χ1n) is 1.03. The molecule has 0 spiro atoms. The van der Waals surface area contributed by atoms with Crippen LogP contribution in [0.3, 0.4) is 0 Å². The van der Waals surface area contributed by atoms with Crippen molar-refractivity contribution < 1.29 is 37.2 Å². The van der Waals surface area contributed by atoms with Crippen molar-refractivity contribution in [3.05, 3.63) is 0 Å². The molecule has 0 saturated carbocycles. The van der Waals surface area contributed by atoms with Crippen LogP contribution >= 0.6 is 0 Å². The van der Waals surface area contributed by atoms with Crippen molar-refractivity contribution in [3.63, 3.8) is 0 Å². The minimum atomic E-state index is 0.102. The first-order valence-corrected chi connectivity index (χ1v) is 2.38. The molecule has 0 radical (unpaired) electrons. The third-order valence-electron chi connectivity index (χ3n) is 0.0861. The normalized spacial score (nSPS) is 9.20. The van der Waals surface area contributed by atoms with E-state index in [-0.39, 0.29) is 34.1 Å². The number of hydrogen-bond donors (Lipinski definition) is 0. The second-order valence-corrected chi connectivity index (χ2v) is 1.88. The van der Waals surface area contributed by atoms with E-state index in [1.54, 1.807) is 14.2 Å². The number of hydrogen-bond acceptors (Lipinski definition) is 2. The maximum absolute atomic E-state index is 4.51. The Morgan fingerprint density at radius 2 is 1.60 bits per heavy atom. The molecule has 0 bridgehead atoms. The Morgan fingerprint density at radius 3 is 1.60 bits per heavy atom. The van der Waals surface area contributed by atoms with Gasteiger partial charge >= 0.3 is 51.5 Å². The Kier molecular flexibility index (Phi) is 6.34. The molecule has 0 aliphatic rings. The maximum atomic E-state index is 4.51. The van der Waals surface area contributed by atoms with Crippen LogP contribution in [0.15, 0.2) is 0 Å². The molecule has 2 nitrogen and oxygen atoms in total. The van der Waals surface area contributed by atoms with Gasteiger partial charge in [0.2, 0.25) is 0 Å². The topological polar surface area (TPSA) is 18.5 Å². The van der Waals surface area contributed by atoms with Gasteiger partial charge in [-0.1, -0.05) is 0 Å². The first kappa shape index (κ1) is 6.15. The fraction of sp³-hybridized carbons (Fsp3) is 1.00. The summed E-state index contributed by atoms with van der Waals surface area (Å²) in [5.41, 5.74) is 0. The van der Waals surface area contributed by atoms with Gasteiger partial charge in [-0.25, -0.2) is 0 Å². The molecule has 0 heterocycles. The van der Waals surface area contributed by atoms with Crippen molar-refractivity contribution >= 4 is 0 Å². The molecule has 0 amide bonds. The predicted molar refractivity (Wildman–Crippen MR) is 14.0 cm³/mol. The van der Waals surface area contributed by atoms with E-state index in [1.165, 1.54) is 0 Å². The molecule has 0 N–H and O–H groups in total. The fourth-order valence-electron chi connectivity index (χ4n) is 0.0430. The van der Waals surface area contributed by atoms with Crippen LogP contribution in [0.5, 0.6) is 0 Å². The van der Waals surface area contributed by atoms with E-state index < -0.39 is 0 Å². The predicted octanol–water partition coefficient (Wildman–Crippen LogP) is 0.194. The van der Waals surface area contributed by atoms with Crippen LogP contribution in [0.2, 0.25) is 0 Å². The average molecular weight is 237 g/mol. The van der Waals surface area contributed by atoms with Crippen molar-refractivity contribution in [2.24, 2.45) is 0 Å². The van der Waals surface area contributed by atoms with Gasteiger partial charge in [0.05, 0.1) is 0 Å². The van der Waals surface area contributed by atoms with Crippen LogP contribution < -0.4 is 0 Å². The zero-order valence-electron chi connectivity index (χ0n) is 3.07. The summed E-state index contributed by atoms with van der Waals surface area (Å²) in [7, 11) is 3.21. The fourth-order valence-corrected chi connectivity index (χ4v) is 0.319. The van der Waals surface area contributed by atoms with Crippen molar-refractivity contribution in [2.75, 3.05) is 14.2 Å². The van der Waals surface area contributed by atoms with Crippen LogP contribution in [0.1, 0.15) is 0 Å². The second kappa shape index (κ2) is 5.15. The van der Waals surface area contributed by atoms with E-state index in [1.807, 2.05) is 0 Å². The Hall–Kier alpha value is 1.15. The van der Waals surface area contributed by atoms with Crippen molar-refractivity contribution in [1.29, 1.82) is 0 Å². The van der Waals surface area contributed by atoms with Crippen molar-refractivity contribution in [2.45, 2.75) is 0 Å².